The highest BCUT2D eigenvalue weighted by Gasteiger charge is 2.32. The molecule has 6 nitrogen and oxygen atoms in total. The van der Waals surface area contributed by atoms with Gasteiger partial charge in [0.25, 0.3) is 0 Å². The lowest BCUT2D eigenvalue weighted by molar-refractivity contribution is -0.0135. The summed E-state index contributed by atoms with van der Waals surface area (Å²) in [4.78, 5) is 15.8. The molecule has 2 atom stereocenters. The smallest absolute Gasteiger partial charge is 0.161 e. The van der Waals surface area contributed by atoms with Crippen molar-refractivity contribution in [2.75, 3.05) is 31.1 Å². The van der Waals surface area contributed by atoms with E-state index in [1.165, 1.54) is 0 Å². The molecular formula is C17H21N5O. The Labute approximate surface area is 135 Å². The minimum absolute atomic E-state index is 0.336. The van der Waals surface area contributed by atoms with Gasteiger partial charge in [0, 0.05) is 49.4 Å². The second kappa shape index (κ2) is 6.22. The number of anilines is 1. The van der Waals surface area contributed by atoms with Gasteiger partial charge in [0.2, 0.25) is 0 Å². The zero-order chi connectivity index (χ0) is 15.6. The molecule has 0 unspecified atom stereocenters. The third-order valence-corrected chi connectivity index (χ3v) is 4.49. The fraction of sp³-hybridized carbons (Fsp3) is 0.471. The van der Waals surface area contributed by atoms with Crippen LogP contribution in [-0.2, 0) is 4.74 Å². The Bertz CT molecular complexity index is 678. The van der Waals surface area contributed by atoms with Crippen LogP contribution in [0, 0.1) is 6.92 Å². The van der Waals surface area contributed by atoms with Crippen LogP contribution in [0.15, 0.2) is 30.6 Å². The summed E-state index contributed by atoms with van der Waals surface area (Å²) in [7, 11) is 0. The van der Waals surface area contributed by atoms with Crippen LogP contribution in [0.2, 0.25) is 0 Å². The third kappa shape index (κ3) is 3.04. The van der Waals surface area contributed by atoms with Crippen LogP contribution >= 0.6 is 0 Å². The molecule has 2 aromatic heterocycles. The Balaban J connectivity index is 1.60. The van der Waals surface area contributed by atoms with Crippen molar-refractivity contribution in [2.24, 2.45) is 0 Å². The maximum absolute atomic E-state index is 5.85. The van der Waals surface area contributed by atoms with Crippen molar-refractivity contribution in [1.29, 1.82) is 0 Å². The van der Waals surface area contributed by atoms with Crippen LogP contribution in [-0.4, -0.2) is 53.3 Å². The molecule has 0 amide bonds. The van der Waals surface area contributed by atoms with Gasteiger partial charge in [-0.3, -0.25) is 4.98 Å². The molecule has 0 bridgehead atoms. The molecule has 4 heterocycles. The monoisotopic (exact) mass is 311 g/mol. The second-order valence-corrected chi connectivity index (χ2v) is 6.13. The van der Waals surface area contributed by atoms with Gasteiger partial charge in [0.05, 0.1) is 18.8 Å². The molecule has 2 fully saturated rings. The van der Waals surface area contributed by atoms with Crippen molar-refractivity contribution < 1.29 is 4.74 Å². The summed E-state index contributed by atoms with van der Waals surface area (Å²) in [6.07, 6.45) is 4.92. The predicted octanol–water partition coefficient (Wildman–Crippen LogP) is 1.41. The number of morpholine rings is 1. The Morgan fingerprint density at radius 1 is 1.26 bits per heavy atom. The van der Waals surface area contributed by atoms with E-state index in [-0.39, 0.29) is 0 Å². The van der Waals surface area contributed by atoms with E-state index in [1.54, 1.807) is 12.4 Å². The summed E-state index contributed by atoms with van der Waals surface area (Å²) >= 11 is 0. The van der Waals surface area contributed by atoms with Gasteiger partial charge in [-0.25, -0.2) is 9.97 Å². The summed E-state index contributed by atoms with van der Waals surface area (Å²) in [6, 6.07) is 6.34. The zero-order valence-corrected chi connectivity index (χ0v) is 13.3. The van der Waals surface area contributed by atoms with Gasteiger partial charge in [-0.15, -0.1) is 0 Å². The third-order valence-electron chi connectivity index (χ3n) is 4.49. The maximum Gasteiger partial charge on any atom is 0.161 e. The van der Waals surface area contributed by atoms with Gasteiger partial charge in [-0.2, -0.15) is 0 Å². The first-order valence-electron chi connectivity index (χ1n) is 8.15. The van der Waals surface area contributed by atoms with E-state index in [1.807, 2.05) is 19.1 Å². The van der Waals surface area contributed by atoms with Crippen molar-refractivity contribution in [2.45, 2.75) is 25.5 Å². The van der Waals surface area contributed by atoms with E-state index in [4.69, 9.17) is 9.72 Å². The van der Waals surface area contributed by atoms with Crippen molar-refractivity contribution in [3.63, 3.8) is 0 Å². The van der Waals surface area contributed by atoms with Crippen molar-refractivity contribution in [3.8, 4) is 11.4 Å². The minimum Gasteiger partial charge on any atom is -0.375 e. The van der Waals surface area contributed by atoms with Crippen LogP contribution in [0.3, 0.4) is 0 Å². The first kappa shape index (κ1) is 14.5. The second-order valence-electron chi connectivity index (χ2n) is 6.13. The zero-order valence-electron chi connectivity index (χ0n) is 13.3. The Morgan fingerprint density at radius 3 is 3.00 bits per heavy atom. The molecular weight excluding hydrogens is 290 g/mol. The van der Waals surface area contributed by atoms with Gasteiger partial charge >= 0.3 is 0 Å². The fourth-order valence-electron chi connectivity index (χ4n) is 3.33. The lowest BCUT2D eigenvalue weighted by Gasteiger charge is -2.42. The Morgan fingerprint density at radius 2 is 2.13 bits per heavy atom. The van der Waals surface area contributed by atoms with Crippen LogP contribution < -0.4 is 10.2 Å². The number of aryl methyl sites for hydroxylation is 1. The quantitative estimate of drug-likeness (QED) is 0.905. The molecule has 0 saturated carbocycles. The van der Waals surface area contributed by atoms with Crippen LogP contribution in [0.1, 0.15) is 12.1 Å². The molecule has 0 aromatic carbocycles. The summed E-state index contributed by atoms with van der Waals surface area (Å²) in [5, 5.41) is 3.56. The normalized spacial score (nSPS) is 24.3. The largest absolute Gasteiger partial charge is 0.375 e. The molecule has 0 aliphatic carbocycles. The molecule has 2 saturated heterocycles. The lowest BCUT2D eigenvalue weighted by atomic mass is 10.0. The number of rotatable bonds is 2. The standard InChI is InChI=1S/C17H21N5O/c1-12-10-16(21-17(20-12)13-2-5-18-6-3-13)22-8-4-15-14(11-22)19-7-9-23-15/h2-3,5-6,10,14-15,19H,4,7-9,11H2,1H3/t14-,15+/m1/s1. The minimum atomic E-state index is 0.336. The van der Waals surface area contributed by atoms with Gasteiger partial charge < -0.3 is 15.0 Å². The number of piperidine rings is 1. The van der Waals surface area contributed by atoms with E-state index in [2.05, 4.69) is 26.3 Å². The van der Waals surface area contributed by atoms with Crippen LogP contribution in [0.5, 0.6) is 0 Å². The predicted molar refractivity (Wildman–Crippen MR) is 88.4 cm³/mol. The van der Waals surface area contributed by atoms with E-state index in [0.717, 1.165) is 55.6 Å². The molecule has 23 heavy (non-hydrogen) atoms. The molecule has 0 radical (unpaired) electrons. The number of nitrogens with zero attached hydrogens (tertiary/aromatic N) is 4. The van der Waals surface area contributed by atoms with Gasteiger partial charge in [0.15, 0.2) is 5.82 Å². The molecule has 1 N–H and O–H groups in total. The molecule has 4 rings (SSSR count). The number of ether oxygens (including phenoxy) is 1. The van der Waals surface area contributed by atoms with Crippen LogP contribution in [0.25, 0.3) is 11.4 Å². The van der Waals surface area contributed by atoms with Crippen molar-refractivity contribution in [1.82, 2.24) is 20.3 Å². The van der Waals surface area contributed by atoms with Gasteiger partial charge in [-0.1, -0.05) is 0 Å². The van der Waals surface area contributed by atoms with E-state index in [0.29, 0.717) is 12.1 Å². The van der Waals surface area contributed by atoms with Crippen molar-refractivity contribution in [3.05, 3.63) is 36.3 Å². The average Bonchev–Trinajstić information content (AvgIpc) is 2.61. The lowest BCUT2D eigenvalue weighted by Crippen LogP contribution is -2.58. The number of fused-ring (bicyclic) bond motifs is 1. The highest BCUT2D eigenvalue weighted by molar-refractivity contribution is 5.57. The molecule has 0 spiro atoms. The van der Waals surface area contributed by atoms with Crippen molar-refractivity contribution >= 4 is 5.82 Å². The Kier molecular flexibility index (Phi) is 3.93. The number of hydrogen-bond donors (Lipinski definition) is 1. The summed E-state index contributed by atoms with van der Waals surface area (Å²) < 4.78 is 5.85. The SMILES string of the molecule is Cc1cc(N2CC[C@@H]3OCCN[C@@H]3C2)nc(-c2ccncc2)n1. The molecule has 6 heteroatoms. The van der Waals surface area contributed by atoms with Gasteiger partial charge in [0.1, 0.15) is 5.82 Å². The average molecular weight is 311 g/mol. The van der Waals surface area contributed by atoms with E-state index < -0.39 is 0 Å². The molecule has 2 aliphatic heterocycles. The summed E-state index contributed by atoms with van der Waals surface area (Å²) in [5.41, 5.74) is 1.98. The summed E-state index contributed by atoms with van der Waals surface area (Å²) in [6.45, 7) is 5.66. The molecule has 2 aromatic rings. The molecule has 2 aliphatic rings. The maximum atomic E-state index is 5.85. The number of pyridine rings is 1. The fourth-order valence-corrected chi connectivity index (χ4v) is 3.33. The van der Waals surface area contributed by atoms with E-state index in [9.17, 15) is 0 Å². The highest BCUT2D eigenvalue weighted by Crippen LogP contribution is 2.24. The highest BCUT2D eigenvalue weighted by atomic mass is 16.5. The summed E-state index contributed by atoms with van der Waals surface area (Å²) in [5.74, 6) is 1.76. The number of nitrogens with one attached hydrogen (secondary N) is 1. The topological polar surface area (TPSA) is 63.2 Å². The van der Waals surface area contributed by atoms with E-state index >= 15 is 0 Å². The Hall–Kier alpha value is -2.05. The van der Waals surface area contributed by atoms with Crippen LogP contribution in [0.4, 0.5) is 5.82 Å². The first-order chi connectivity index (χ1) is 11.3. The van der Waals surface area contributed by atoms with Gasteiger partial charge in [-0.05, 0) is 25.5 Å². The number of aromatic nitrogens is 3. The first-order valence-corrected chi connectivity index (χ1v) is 8.15. The number of hydrogen-bond acceptors (Lipinski definition) is 6. The molecule has 120 valence electrons.